The van der Waals surface area contributed by atoms with Crippen LogP contribution in [-0.4, -0.2) is 18.0 Å². The number of carbonyl (C=O) groups is 1. The third-order valence-electron chi connectivity index (χ3n) is 2.89. The lowest BCUT2D eigenvalue weighted by atomic mass is 10.2. The van der Waals surface area contributed by atoms with Gasteiger partial charge in [-0.15, -0.1) is 0 Å². The lowest BCUT2D eigenvalue weighted by Crippen LogP contribution is -2.18. The first-order chi connectivity index (χ1) is 10.2. The average molecular weight is 286 g/mol. The quantitative estimate of drug-likeness (QED) is 0.885. The largest absolute Gasteiger partial charge is 0.493 e. The zero-order valence-electron chi connectivity index (χ0n) is 12.1. The van der Waals surface area contributed by atoms with Crippen LogP contribution in [0.5, 0.6) is 11.5 Å². The van der Waals surface area contributed by atoms with E-state index < -0.39 is 0 Å². The number of ether oxygens (including phenoxy) is 2. The third-order valence-corrected chi connectivity index (χ3v) is 2.89. The van der Waals surface area contributed by atoms with Crippen LogP contribution in [0, 0.1) is 0 Å². The van der Waals surface area contributed by atoms with Crippen molar-refractivity contribution in [2.75, 3.05) is 7.11 Å². The summed E-state index contributed by atoms with van der Waals surface area (Å²) in [7, 11) is 1.59. The van der Waals surface area contributed by atoms with Crippen molar-refractivity contribution in [1.82, 2.24) is 10.3 Å². The Labute approximate surface area is 123 Å². The van der Waals surface area contributed by atoms with Crippen LogP contribution in [-0.2, 0) is 17.9 Å². The molecule has 0 aliphatic carbocycles. The van der Waals surface area contributed by atoms with Crippen LogP contribution in [0.2, 0.25) is 0 Å². The van der Waals surface area contributed by atoms with Gasteiger partial charge in [0.2, 0.25) is 5.91 Å². The number of amides is 1. The molecule has 1 heterocycles. The van der Waals surface area contributed by atoms with Crippen molar-refractivity contribution < 1.29 is 14.3 Å². The lowest BCUT2D eigenvalue weighted by Gasteiger charge is -2.12. The SMILES string of the molecule is COc1cc(CNC(C)=O)ccc1OCc1cccnc1. The van der Waals surface area contributed by atoms with Crippen molar-refractivity contribution in [2.24, 2.45) is 0 Å². The van der Waals surface area contributed by atoms with Gasteiger partial charge in [0.25, 0.3) is 0 Å². The maximum Gasteiger partial charge on any atom is 0.217 e. The molecule has 0 aliphatic rings. The second kappa shape index (κ2) is 7.28. The fourth-order valence-corrected chi connectivity index (χ4v) is 1.81. The fourth-order valence-electron chi connectivity index (χ4n) is 1.81. The summed E-state index contributed by atoms with van der Waals surface area (Å²) >= 11 is 0. The number of hydrogen-bond acceptors (Lipinski definition) is 4. The number of hydrogen-bond donors (Lipinski definition) is 1. The first-order valence-electron chi connectivity index (χ1n) is 6.62. The van der Waals surface area contributed by atoms with E-state index >= 15 is 0 Å². The molecule has 0 fully saturated rings. The Morgan fingerprint density at radius 3 is 2.76 bits per heavy atom. The van der Waals surface area contributed by atoms with Crippen molar-refractivity contribution in [3.05, 3.63) is 53.9 Å². The molecule has 1 N–H and O–H groups in total. The molecule has 0 unspecified atom stereocenters. The van der Waals surface area contributed by atoms with Crippen molar-refractivity contribution >= 4 is 5.91 Å². The van der Waals surface area contributed by atoms with Crippen LogP contribution in [0.15, 0.2) is 42.7 Å². The van der Waals surface area contributed by atoms with Gasteiger partial charge in [-0.05, 0) is 23.8 Å². The average Bonchev–Trinajstić information content (AvgIpc) is 2.52. The second-order valence-corrected chi connectivity index (χ2v) is 4.54. The molecule has 0 aliphatic heterocycles. The predicted molar refractivity (Wildman–Crippen MR) is 79.1 cm³/mol. The van der Waals surface area contributed by atoms with Gasteiger partial charge in [-0.2, -0.15) is 0 Å². The summed E-state index contributed by atoms with van der Waals surface area (Å²) in [6, 6.07) is 9.41. The number of carbonyl (C=O) groups excluding carboxylic acids is 1. The minimum absolute atomic E-state index is 0.0640. The van der Waals surface area contributed by atoms with Gasteiger partial charge < -0.3 is 14.8 Å². The van der Waals surface area contributed by atoms with Gasteiger partial charge in [0.05, 0.1) is 7.11 Å². The van der Waals surface area contributed by atoms with E-state index in [0.29, 0.717) is 24.7 Å². The summed E-state index contributed by atoms with van der Waals surface area (Å²) in [6.45, 7) is 2.38. The topological polar surface area (TPSA) is 60.5 Å². The van der Waals surface area contributed by atoms with E-state index in [0.717, 1.165) is 11.1 Å². The van der Waals surface area contributed by atoms with Crippen LogP contribution in [0.25, 0.3) is 0 Å². The molecule has 5 nitrogen and oxygen atoms in total. The zero-order valence-corrected chi connectivity index (χ0v) is 12.1. The minimum atomic E-state index is -0.0640. The van der Waals surface area contributed by atoms with E-state index in [1.807, 2.05) is 30.3 Å². The van der Waals surface area contributed by atoms with E-state index in [2.05, 4.69) is 10.3 Å². The Balaban J connectivity index is 2.04. The Morgan fingerprint density at radius 2 is 2.10 bits per heavy atom. The van der Waals surface area contributed by atoms with Crippen LogP contribution in [0.1, 0.15) is 18.1 Å². The Kier molecular flexibility index (Phi) is 5.15. The number of benzene rings is 1. The number of rotatable bonds is 6. The zero-order chi connectivity index (χ0) is 15.1. The third kappa shape index (κ3) is 4.49. The highest BCUT2D eigenvalue weighted by Gasteiger charge is 2.06. The summed E-state index contributed by atoms with van der Waals surface area (Å²) in [5.74, 6) is 1.24. The van der Waals surface area contributed by atoms with Crippen LogP contribution >= 0.6 is 0 Å². The van der Waals surface area contributed by atoms with E-state index in [9.17, 15) is 4.79 Å². The summed E-state index contributed by atoms with van der Waals surface area (Å²) in [6.07, 6.45) is 3.48. The molecule has 0 saturated carbocycles. The van der Waals surface area contributed by atoms with Gasteiger partial charge in [-0.1, -0.05) is 12.1 Å². The smallest absolute Gasteiger partial charge is 0.217 e. The molecular formula is C16H18N2O3. The number of methoxy groups -OCH3 is 1. The van der Waals surface area contributed by atoms with Crippen molar-refractivity contribution in [3.63, 3.8) is 0 Å². The lowest BCUT2D eigenvalue weighted by molar-refractivity contribution is -0.119. The highest BCUT2D eigenvalue weighted by molar-refractivity contribution is 5.72. The van der Waals surface area contributed by atoms with Crippen LogP contribution in [0.4, 0.5) is 0 Å². The summed E-state index contributed by atoms with van der Waals surface area (Å²) < 4.78 is 11.1. The van der Waals surface area contributed by atoms with Crippen LogP contribution in [0.3, 0.4) is 0 Å². The fraction of sp³-hybridized carbons (Fsp3) is 0.250. The first kappa shape index (κ1) is 14.8. The molecule has 1 aromatic heterocycles. The molecule has 1 amide bonds. The molecule has 2 aromatic rings. The van der Waals surface area contributed by atoms with Crippen molar-refractivity contribution in [1.29, 1.82) is 0 Å². The van der Waals surface area contributed by atoms with Gasteiger partial charge in [0.1, 0.15) is 6.61 Å². The maximum atomic E-state index is 10.9. The first-order valence-corrected chi connectivity index (χ1v) is 6.62. The standard InChI is InChI=1S/C16H18N2O3/c1-12(19)18-10-13-5-6-15(16(8-13)20-2)21-11-14-4-3-7-17-9-14/h3-9H,10-11H2,1-2H3,(H,18,19). The molecular weight excluding hydrogens is 268 g/mol. The maximum absolute atomic E-state index is 10.9. The molecule has 21 heavy (non-hydrogen) atoms. The molecule has 0 spiro atoms. The predicted octanol–water partition coefficient (Wildman–Crippen LogP) is 2.31. The Hall–Kier alpha value is -2.56. The molecule has 1 aromatic carbocycles. The Bertz CT molecular complexity index is 600. The van der Waals surface area contributed by atoms with Gasteiger partial charge in [-0.3, -0.25) is 9.78 Å². The molecule has 0 atom stereocenters. The molecule has 5 heteroatoms. The van der Waals surface area contributed by atoms with E-state index in [1.54, 1.807) is 19.5 Å². The van der Waals surface area contributed by atoms with Gasteiger partial charge >= 0.3 is 0 Å². The van der Waals surface area contributed by atoms with Gasteiger partial charge in [0, 0.05) is 31.4 Å². The minimum Gasteiger partial charge on any atom is -0.493 e. The molecule has 0 saturated heterocycles. The summed E-state index contributed by atoms with van der Waals surface area (Å²) in [5, 5.41) is 2.75. The number of nitrogens with zero attached hydrogens (tertiary/aromatic N) is 1. The van der Waals surface area contributed by atoms with Gasteiger partial charge in [0.15, 0.2) is 11.5 Å². The number of nitrogens with one attached hydrogen (secondary N) is 1. The molecule has 2 rings (SSSR count). The highest BCUT2D eigenvalue weighted by Crippen LogP contribution is 2.28. The second-order valence-electron chi connectivity index (χ2n) is 4.54. The highest BCUT2D eigenvalue weighted by atomic mass is 16.5. The number of pyridine rings is 1. The van der Waals surface area contributed by atoms with E-state index in [-0.39, 0.29) is 5.91 Å². The summed E-state index contributed by atoms with van der Waals surface area (Å²) in [4.78, 5) is 15.0. The molecule has 0 radical (unpaired) electrons. The van der Waals surface area contributed by atoms with Gasteiger partial charge in [-0.25, -0.2) is 0 Å². The monoisotopic (exact) mass is 286 g/mol. The summed E-state index contributed by atoms with van der Waals surface area (Å²) in [5.41, 5.74) is 1.94. The van der Waals surface area contributed by atoms with E-state index in [1.165, 1.54) is 6.92 Å². The molecule has 110 valence electrons. The number of aromatic nitrogens is 1. The molecule has 0 bridgehead atoms. The normalized spacial score (nSPS) is 10.0. The van der Waals surface area contributed by atoms with Crippen molar-refractivity contribution in [3.8, 4) is 11.5 Å². The van der Waals surface area contributed by atoms with Crippen LogP contribution < -0.4 is 14.8 Å². The Morgan fingerprint density at radius 1 is 1.24 bits per heavy atom. The van der Waals surface area contributed by atoms with E-state index in [4.69, 9.17) is 9.47 Å². The van der Waals surface area contributed by atoms with Crippen molar-refractivity contribution in [2.45, 2.75) is 20.1 Å².